The maximum atomic E-state index is 10.6. The number of carbonyl (C=O) groups is 1. The van der Waals surface area contributed by atoms with Crippen LogP contribution in [0.3, 0.4) is 0 Å². The van der Waals surface area contributed by atoms with Crippen LogP contribution in [0.2, 0.25) is 5.02 Å². The van der Waals surface area contributed by atoms with E-state index >= 15 is 0 Å². The highest BCUT2D eigenvalue weighted by Crippen LogP contribution is 2.41. The molecule has 1 aromatic carbocycles. The number of aliphatic carboxylic acids is 1. The summed E-state index contributed by atoms with van der Waals surface area (Å²) in [5.41, 5.74) is 0. The van der Waals surface area contributed by atoms with E-state index in [1.54, 1.807) is 12.1 Å². The number of carboxylic acids is 1. The van der Waals surface area contributed by atoms with E-state index in [9.17, 15) is 4.79 Å². The Morgan fingerprint density at radius 1 is 1.44 bits per heavy atom. The molecule has 4 heteroatoms. The molecule has 1 N–H and O–H groups in total. The van der Waals surface area contributed by atoms with Gasteiger partial charge in [0.1, 0.15) is 5.75 Å². The number of benzene rings is 1. The van der Waals surface area contributed by atoms with Gasteiger partial charge in [-0.2, -0.15) is 0 Å². The minimum absolute atomic E-state index is 0.145. The Morgan fingerprint density at radius 3 is 2.69 bits per heavy atom. The topological polar surface area (TPSA) is 46.5 Å². The Hall–Kier alpha value is -1.22. The largest absolute Gasteiger partial charge is 0.494 e. The molecule has 1 saturated carbocycles. The van der Waals surface area contributed by atoms with Gasteiger partial charge in [0.15, 0.2) is 0 Å². The number of hydrogen-bond donors (Lipinski definition) is 1. The Morgan fingerprint density at radius 2 is 2.12 bits per heavy atom. The van der Waals surface area contributed by atoms with E-state index in [2.05, 4.69) is 0 Å². The molecule has 86 valence electrons. The van der Waals surface area contributed by atoms with Gasteiger partial charge in [-0.25, -0.2) is 0 Å². The van der Waals surface area contributed by atoms with E-state index in [4.69, 9.17) is 21.4 Å². The van der Waals surface area contributed by atoms with Crippen molar-refractivity contribution in [1.29, 1.82) is 0 Å². The molecule has 0 bridgehead atoms. The maximum absolute atomic E-state index is 10.6. The second-order valence-electron chi connectivity index (χ2n) is 4.03. The van der Waals surface area contributed by atoms with Gasteiger partial charge in [0.2, 0.25) is 0 Å². The molecule has 0 aromatic heterocycles. The molecule has 0 unspecified atom stereocenters. The van der Waals surface area contributed by atoms with Crippen molar-refractivity contribution in [2.24, 2.45) is 11.8 Å². The van der Waals surface area contributed by atoms with Crippen LogP contribution in [0.4, 0.5) is 0 Å². The van der Waals surface area contributed by atoms with Gasteiger partial charge in [0.05, 0.1) is 12.5 Å². The Labute approximate surface area is 99.0 Å². The van der Waals surface area contributed by atoms with Gasteiger partial charge in [-0.3, -0.25) is 4.79 Å². The average molecular weight is 241 g/mol. The van der Waals surface area contributed by atoms with E-state index in [1.165, 1.54) is 0 Å². The van der Waals surface area contributed by atoms with Gasteiger partial charge in [0, 0.05) is 5.02 Å². The Kier molecular flexibility index (Phi) is 3.34. The monoisotopic (exact) mass is 240 g/mol. The van der Waals surface area contributed by atoms with E-state index < -0.39 is 5.97 Å². The van der Waals surface area contributed by atoms with Crippen LogP contribution in [0, 0.1) is 11.8 Å². The minimum Gasteiger partial charge on any atom is -0.494 e. The molecule has 1 aliphatic rings. The highest BCUT2D eigenvalue weighted by atomic mass is 35.5. The molecule has 0 aliphatic heterocycles. The third-order valence-corrected chi connectivity index (χ3v) is 3.06. The molecule has 2 rings (SSSR count). The first-order valence-electron chi connectivity index (χ1n) is 5.28. The van der Waals surface area contributed by atoms with E-state index in [-0.39, 0.29) is 5.92 Å². The van der Waals surface area contributed by atoms with Crippen LogP contribution in [0.15, 0.2) is 24.3 Å². The summed E-state index contributed by atoms with van der Waals surface area (Å²) >= 11 is 5.74. The van der Waals surface area contributed by atoms with Gasteiger partial charge in [0.25, 0.3) is 0 Å². The third kappa shape index (κ3) is 2.89. The van der Waals surface area contributed by atoms with E-state index in [0.29, 0.717) is 17.5 Å². The van der Waals surface area contributed by atoms with Gasteiger partial charge in [-0.15, -0.1) is 0 Å². The van der Waals surface area contributed by atoms with Gasteiger partial charge >= 0.3 is 5.97 Å². The number of rotatable bonds is 5. The van der Waals surface area contributed by atoms with Crippen LogP contribution in [0.1, 0.15) is 12.8 Å². The summed E-state index contributed by atoms with van der Waals surface area (Å²) in [6.07, 6.45) is 1.60. The van der Waals surface area contributed by atoms with Crippen molar-refractivity contribution in [3.8, 4) is 5.75 Å². The normalized spacial score (nSPS) is 22.8. The lowest BCUT2D eigenvalue weighted by molar-refractivity contribution is -0.138. The molecule has 1 fully saturated rings. The lowest BCUT2D eigenvalue weighted by Gasteiger charge is -2.05. The number of carboxylic acid groups (broad SMARTS) is 1. The SMILES string of the molecule is O=C(O)[C@@H]1C[C@H]1CCOc1ccc(Cl)cc1. The summed E-state index contributed by atoms with van der Waals surface area (Å²) in [7, 11) is 0. The van der Waals surface area contributed by atoms with Crippen LogP contribution >= 0.6 is 11.6 Å². The fourth-order valence-corrected chi connectivity index (χ4v) is 1.85. The van der Waals surface area contributed by atoms with Crippen molar-refractivity contribution in [1.82, 2.24) is 0 Å². The molecule has 1 aromatic rings. The molecule has 3 nitrogen and oxygen atoms in total. The fraction of sp³-hybridized carbons (Fsp3) is 0.417. The van der Waals surface area contributed by atoms with Crippen molar-refractivity contribution in [2.45, 2.75) is 12.8 Å². The number of ether oxygens (including phenoxy) is 1. The minimum atomic E-state index is -0.684. The molecule has 0 radical (unpaired) electrons. The van der Waals surface area contributed by atoms with Crippen molar-refractivity contribution in [3.05, 3.63) is 29.3 Å². The average Bonchev–Trinajstić information content (AvgIpc) is 3.01. The smallest absolute Gasteiger partial charge is 0.306 e. The third-order valence-electron chi connectivity index (χ3n) is 2.81. The molecule has 0 saturated heterocycles. The molecule has 1 aliphatic carbocycles. The first-order valence-corrected chi connectivity index (χ1v) is 5.66. The number of halogens is 1. The summed E-state index contributed by atoms with van der Waals surface area (Å²) in [5.74, 6) is 0.243. The second kappa shape index (κ2) is 4.74. The first kappa shape index (κ1) is 11.3. The molecule has 0 amide bonds. The highest BCUT2D eigenvalue weighted by Gasteiger charge is 2.42. The molecular weight excluding hydrogens is 228 g/mol. The van der Waals surface area contributed by atoms with Gasteiger partial charge in [-0.1, -0.05) is 11.6 Å². The highest BCUT2D eigenvalue weighted by molar-refractivity contribution is 6.30. The second-order valence-corrected chi connectivity index (χ2v) is 4.47. The predicted octanol–water partition coefficient (Wildman–Crippen LogP) is 2.83. The number of hydrogen-bond acceptors (Lipinski definition) is 2. The lowest BCUT2D eigenvalue weighted by Crippen LogP contribution is -2.03. The fourth-order valence-electron chi connectivity index (χ4n) is 1.73. The molecule has 0 heterocycles. The standard InChI is InChI=1S/C12H13ClO3/c13-9-1-3-10(4-2-9)16-6-5-8-7-11(8)12(14)15/h1-4,8,11H,5-7H2,(H,14,15)/t8-,11-/m1/s1. The first-order chi connectivity index (χ1) is 7.66. The van der Waals surface area contributed by atoms with Gasteiger partial charge < -0.3 is 9.84 Å². The van der Waals surface area contributed by atoms with Crippen molar-refractivity contribution in [3.63, 3.8) is 0 Å². The van der Waals surface area contributed by atoms with Crippen molar-refractivity contribution >= 4 is 17.6 Å². The van der Waals surface area contributed by atoms with Crippen LogP contribution in [-0.2, 0) is 4.79 Å². The van der Waals surface area contributed by atoms with E-state index in [0.717, 1.165) is 18.6 Å². The molecule has 0 spiro atoms. The molecule has 2 atom stereocenters. The van der Waals surface area contributed by atoms with Crippen LogP contribution in [-0.4, -0.2) is 17.7 Å². The summed E-state index contributed by atoms with van der Waals surface area (Å²) in [6, 6.07) is 7.16. The van der Waals surface area contributed by atoms with E-state index in [1.807, 2.05) is 12.1 Å². The summed E-state index contributed by atoms with van der Waals surface area (Å²) in [6.45, 7) is 0.566. The van der Waals surface area contributed by atoms with Gasteiger partial charge in [-0.05, 0) is 43.0 Å². The summed E-state index contributed by atoms with van der Waals surface area (Å²) < 4.78 is 5.49. The van der Waals surface area contributed by atoms with Crippen molar-refractivity contribution in [2.75, 3.05) is 6.61 Å². The zero-order chi connectivity index (χ0) is 11.5. The Balaban J connectivity index is 1.69. The zero-order valence-corrected chi connectivity index (χ0v) is 9.48. The molecule has 16 heavy (non-hydrogen) atoms. The predicted molar refractivity (Wildman–Crippen MR) is 60.8 cm³/mol. The maximum Gasteiger partial charge on any atom is 0.306 e. The molecular formula is C12H13ClO3. The lowest BCUT2D eigenvalue weighted by atomic mass is 10.2. The van der Waals surface area contributed by atoms with Crippen LogP contribution in [0.5, 0.6) is 5.75 Å². The Bertz CT molecular complexity index is 374. The van der Waals surface area contributed by atoms with Crippen LogP contribution < -0.4 is 4.74 Å². The zero-order valence-electron chi connectivity index (χ0n) is 8.73. The summed E-state index contributed by atoms with van der Waals surface area (Å²) in [4.78, 5) is 10.6. The van der Waals surface area contributed by atoms with Crippen molar-refractivity contribution < 1.29 is 14.6 Å². The summed E-state index contributed by atoms with van der Waals surface area (Å²) in [5, 5.41) is 9.40. The quantitative estimate of drug-likeness (QED) is 0.861. The van der Waals surface area contributed by atoms with Crippen LogP contribution in [0.25, 0.3) is 0 Å².